The third-order valence-electron chi connectivity index (χ3n) is 4.17. The molecule has 2 N–H and O–H groups in total. The van der Waals surface area contributed by atoms with Crippen LogP contribution in [0.1, 0.15) is 27.2 Å². The Morgan fingerprint density at radius 1 is 1.50 bits per heavy atom. The molecule has 0 spiro atoms. The summed E-state index contributed by atoms with van der Waals surface area (Å²) in [6, 6.07) is 4.52. The SMILES string of the molecule is CC(C)(C)OC(=O)N1CCC(CNc2nc3ccc([N+](=O)[O-])cc3[nH]2)C1. The van der Waals surface area contributed by atoms with Gasteiger partial charge in [-0.25, -0.2) is 9.78 Å². The number of ether oxygens (including phenoxy) is 1. The van der Waals surface area contributed by atoms with E-state index in [0.29, 0.717) is 42.5 Å². The molecule has 1 aromatic heterocycles. The number of anilines is 1. The van der Waals surface area contributed by atoms with Crippen molar-refractivity contribution in [3.8, 4) is 0 Å². The number of hydrogen-bond acceptors (Lipinski definition) is 6. The highest BCUT2D eigenvalue weighted by Gasteiger charge is 2.29. The Labute approximate surface area is 150 Å². The van der Waals surface area contributed by atoms with Crippen LogP contribution in [0.2, 0.25) is 0 Å². The number of carbonyl (C=O) groups is 1. The fourth-order valence-electron chi connectivity index (χ4n) is 2.93. The summed E-state index contributed by atoms with van der Waals surface area (Å²) in [5.41, 5.74) is 0.810. The van der Waals surface area contributed by atoms with Gasteiger partial charge in [-0.1, -0.05) is 0 Å². The van der Waals surface area contributed by atoms with E-state index >= 15 is 0 Å². The van der Waals surface area contributed by atoms with Gasteiger partial charge in [-0.15, -0.1) is 0 Å². The number of nitro groups is 1. The molecule has 1 fully saturated rings. The lowest BCUT2D eigenvalue weighted by atomic mass is 10.1. The zero-order valence-corrected chi connectivity index (χ0v) is 15.1. The Morgan fingerprint density at radius 3 is 2.96 bits per heavy atom. The van der Waals surface area contributed by atoms with E-state index in [1.54, 1.807) is 11.0 Å². The van der Waals surface area contributed by atoms with Crippen LogP contribution in [0.4, 0.5) is 16.4 Å². The molecular formula is C17H23N5O4. The van der Waals surface area contributed by atoms with Crippen LogP contribution in [-0.2, 0) is 4.74 Å². The van der Waals surface area contributed by atoms with Crippen LogP contribution in [0, 0.1) is 16.0 Å². The molecule has 0 saturated carbocycles. The van der Waals surface area contributed by atoms with Crippen molar-refractivity contribution in [1.82, 2.24) is 14.9 Å². The second-order valence-corrected chi connectivity index (χ2v) is 7.51. The molecule has 26 heavy (non-hydrogen) atoms. The Bertz CT molecular complexity index is 826. The minimum atomic E-state index is -0.496. The van der Waals surface area contributed by atoms with E-state index in [0.717, 1.165) is 6.42 Å². The molecule has 1 atom stereocenters. The summed E-state index contributed by atoms with van der Waals surface area (Å²) in [4.78, 5) is 31.7. The maximum Gasteiger partial charge on any atom is 0.410 e. The third kappa shape index (κ3) is 4.22. The number of rotatable bonds is 4. The predicted octanol–water partition coefficient (Wildman–Crippen LogP) is 3.14. The molecule has 1 aliphatic rings. The van der Waals surface area contributed by atoms with Crippen molar-refractivity contribution in [3.63, 3.8) is 0 Å². The van der Waals surface area contributed by atoms with E-state index < -0.39 is 10.5 Å². The van der Waals surface area contributed by atoms with Crippen molar-refractivity contribution in [2.75, 3.05) is 25.0 Å². The minimum Gasteiger partial charge on any atom is -0.444 e. The summed E-state index contributed by atoms with van der Waals surface area (Å²) in [6.07, 6.45) is 0.605. The maximum absolute atomic E-state index is 12.1. The maximum atomic E-state index is 12.1. The number of benzene rings is 1. The number of fused-ring (bicyclic) bond motifs is 1. The van der Waals surface area contributed by atoms with Gasteiger partial charge in [0.15, 0.2) is 0 Å². The molecular weight excluding hydrogens is 338 g/mol. The monoisotopic (exact) mass is 361 g/mol. The number of likely N-dealkylation sites (tertiary alicyclic amines) is 1. The van der Waals surface area contributed by atoms with Crippen molar-refractivity contribution >= 4 is 28.8 Å². The van der Waals surface area contributed by atoms with Crippen molar-refractivity contribution < 1.29 is 14.5 Å². The summed E-state index contributed by atoms with van der Waals surface area (Å²) >= 11 is 0. The highest BCUT2D eigenvalue weighted by Crippen LogP contribution is 2.22. The average Bonchev–Trinajstić information content (AvgIpc) is 3.17. The fourth-order valence-corrected chi connectivity index (χ4v) is 2.93. The van der Waals surface area contributed by atoms with Gasteiger partial charge in [0, 0.05) is 31.8 Å². The number of aromatic amines is 1. The van der Waals surface area contributed by atoms with Gasteiger partial charge in [0.25, 0.3) is 5.69 Å². The number of hydrogen-bond donors (Lipinski definition) is 2. The van der Waals surface area contributed by atoms with Crippen LogP contribution < -0.4 is 5.32 Å². The lowest BCUT2D eigenvalue weighted by molar-refractivity contribution is -0.384. The number of H-pyrrole nitrogens is 1. The molecule has 9 heteroatoms. The van der Waals surface area contributed by atoms with Gasteiger partial charge >= 0.3 is 6.09 Å². The van der Waals surface area contributed by atoms with E-state index in [1.807, 2.05) is 20.8 Å². The number of imidazole rings is 1. The largest absolute Gasteiger partial charge is 0.444 e. The van der Waals surface area contributed by atoms with E-state index in [9.17, 15) is 14.9 Å². The number of nitro benzene ring substituents is 1. The van der Waals surface area contributed by atoms with E-state index in [1.165, 1.54) is 12.1 Å². The Hall–Kier alpha value is -2.84. The molecule has 0 radical (unpaired) electrons. The molecule has 9 nitrogen and oxygen atoms in total. The zero-order valence-electron chi connectivity index (χ0n) is 15.1. The lowest BCUT2D eigenvalue weighted by Crippen LogP contribution is -2.35. The van der Waals surface area contributed by atoms with Crippen LogP contribution in [0.3, 0.4) is 0 Å². The smallest absolute Gasteiger partial charge is 0.410 e. The predicted molar refractivity (Wildman–Crippen MR) is 97.2 cm³/mol. The number of nitrogens with one attached hydrogen (secondary N) is 2. The number of carbonyl (C=O) groups excluding carboxylic acids is 1. The Balaban J connectivity index is 1.56. The second-order valence-electron chi connectivity index (χ2n) is 7.51. The molecule has 1 aliphatic heterocycles. The molecule has 1 unspecified atom stereocenters. The van der Waals surface area contributed by atoms with Gasteiger partial charge < -0.3 is 19.9 Å². The van der Waals surface area contributed by atoms with Crippen molar-refractivity contribution in [2.24, 2.45) is 5.92 Å². The third-order valence-corrected chi connectivity index (χ3v) is 4.17. The second kappa shape index (κ2) is 6.81. The lowest BCUT2D eigenvalue weighted by Gasteiger charge is -2.24. The number of amides is 1. The van der Waals surface area contributed by atoms with Crippen LogP contribution >= 0.6 is 0 Å². The number of non-ortho nitro benzene ring substituents is 1. The van der Waals surface area contributed by atoms with E-state index in [-0.39, 0.29) is 11.8 Å². The average molecular weight is 361 g/mol. The summed E-state index contributed by atoms with van der Waals surface area (Å²) in [6.45, 7) is 7.52. The zero-order chi connectivity index (χ0) is 18.9. The number of nitrogens with zero attached hydrogens (tertiary/aromatic N) is 3. The fraction of sp³-hybridized carbons (Fsp3) is 0.529. The Kier molecular flexibility index (Phi) is 4.71. The van der Waals surface area contributed by atoms with Crippen LogP contribution in [0.15, 0.2) is 18.2 Å². The molecule has 2 aromatic rings. The summed E-state index contributed by atoms with van der Waals surface area (Å²) in [7, 11) is 0. The Morgan fingerprint density at radius 2 is 2.27 bits per heavy atom. The van der Waals surface area contributed by atoms with Gasteiger partial charge in [-0.3, -0.25) is 10.1 Å². The molecule has 2 heterocycles. The quantitative estimate of drug-likeness (QED) is 0.639. The number of aromatic nitrogens is 2. The van der Waals surface area contributed by atoms with Gasteiger partial charge in [-0.2, -0.15) is 0 Å². The molecule has 1 saturated heterocycles. The van der Waals surface area contributed by atoms with Gasteiger partial charge in [0.2, 0.25) is 5.95 Å². The first-order chi connectivity index (χ1) is 12.2. The first kappa shape index (κ1) is 18.0. The summed E-state index contributed by atoms with van der Waals surface area (Å²) in [5, 5.41) is 14.1. The van der Waals surface area contributed by atoms with Crippen LogP contribution in [0.5, 0.6) is 0 Å². The van der Waals surface area contributed by atoms with Crippen LogP contribution in [0.25, 0.3) is 11.0 Å². The molecule has 3 rings (SSSR count). The minimum absolute atomic E-state index is 0.0245. The topological polar surface area (TPSA) is 113 Å². The van der Waals surface area contributed by atoms with Crippen molar-refractivity contribution in [3.05, 3.63) is 28.3 Å². The highest BCUT2D eigenvalue weighted by atomic mass is 16.6. The van der Waals surface area contributed by atoms with Crippen molar-refractivity contribution in [2.45, 2.75) is 32.8 Å². The summed E-state index contributed by atoms with van der Waals surface area (Å²) < 4.78 is 5.40. The normalized spacial score (nSPS) is 17.5. The molecule has 140 valence electrons. The van der Waals surface area contributed by atoms with Crippen molar-refractivity contribution in [1.29, 1.82) is 0 Å². The van der Waals surface area contributed by atoms with Gasteiger partial charge in [0.1, 0.15) is 5.60 Å². The first-order valence-corrected chi connectivity index (χ1v) is 8.57. The molecule has 1 aromatic carbocycles. The summed E-state index contributed by atoms with van der Waals surface area (Å²) in [5.74, 6) is 0.862. The highest BCUT2D eigenvalue weighted by molar-refractivity contribution is 5.79. The van der Waals surface area contributed by atoms with Gasteiger partial charge in [-0.05, 0) is 39.2 Å². The van der Waals surface area contributed by atoms with Gasteiger partial charge in [0.05, 0.1) is 16.0 Å². The molecule has 0 aliphatic carbocycles. The first-order valence-electron chi connectivity index (χ1n) is 8.57. The van der Waals surface area contributed by atoms with E-state index in [4.69, 9.17) is 4.74 Å². The standard InChI is InChI=1S/C17H23N5O4/c1-17(2,3)26-16(23)21-7-6-11(10-21)9-18-15-19-13-5-4-12(22(24)25)8-14(13)20-15/h4-5,8,11H,6-7,9-10H2,1-3H3,(H2,18,19,20). The van der Waals surface area contributed by atoms with E-state index in [2.05, 4.69) is 15.3 Å². The molecule has 1 amide bonds. The molecule has 0 bridgehead atoms. The van der Waals surface area contributed by atoms with Crippen LogP contribution in [-0.4, -0.2) is 51.1 Å².